The SMILES string of the molecule is COc1ccc(OC)c(-c2cc(C(=O)N3CCN(CCn4ccnc4C(C)C)CC3)n(C)n2)c1. The smallest absolute Gasteiger partial charge is 0.272 e. The monoisotopic (exact) mass is 466 g/mol. The van der Waals surface area contributed by atoms with Gasteiger partial charge in [-0.15, -0.1) is 0 Å². The van der Waals surface area contributed by atoms with E-state index in [1.807, 2.05) is 41.6 Å². The van der Waals surface area contributed by atoms with Crippen LogP contribution in [0.25, 0.3) is 11.3 Å². The zero-order chi connectivity index (χ0) is 24.2. The van der Waals surface area contributed by atoms with Crippen LogP contribution in [0.4, 0.5) is 0 Å². The lowest BCUT2D eigenvalue weighted by Crippen LogP contribution is -2.49. The molecule has 1 aromatic carbocycles. The average Bonchev–Trinajstić information content (AvgIpc) is 3.49. The minimum atomic E-state index is -0.000494. The summed E-state index contributed by atoms with van der Waals surface area (Å²) in [5.41, 5.74) is 2.04. The Morgan fingerprint density at radius 3 is 2.50 bits per heavy atom. The molecular weight excluding hydrogens is 432 g/mol. The third-order valence-corrected chi connectivity index (χ3v) is 6.36. The average molecular weight is 467 g/mol. The Morgan fingerprint density at radius 2 is 1.82 bits per heavy atom. The summed E-state index contributed by atoms with van der Waals surface area (Å²) in [6.07, 6.45) is 3.92. The molecule has 0 atom stereocenters. The first-order chi connectivity index (χ1) is 16.4. The van der Waals surface area contributed by atoms with Crippen molar-refractivity contribution in [1.29, 1.82) is 0 Å². The van der Waals surface area contributed by atoms with E-state index < -0.39 is 0 Å². The van der Waals surface area contributed by atoms with Crippen molar-refractivity contribution in [3.63, 3.8) is 0 Å². The topological polar surface area (TPSA) is 77.7 Å². The van der Waals surface area contributed by atoms with Gasteiger partial charge in [0.05, 0.1) is 19.9 Å². The quantitative estimate of drug-likeness (QED) is 0.508. The molecule has 0 radical (unpaired) electrons. The normalized spacial score (nSPS) is 14.6. The van der Waals surface area contributed by atoms with Crippen molar-refractivity contribution in [3.8, 4) is 22.8 Å². The number of amides is 1. The number of nitrogens with zero attached hydrogens (tertiary/aromatic N) is 6. The summed E-state index contributed by atoms with van der Waals surface area (Å²) in [4.78, 5) is 22.1. The van der Waals surface area contributed by atoms with E-state index >= 15 is 0 Å². The molecular formula is C25H34N6O3. The Kier molecular flexibility index (Phi) is 7.21. The molecule has 34 heavy (non-hydrogen) atoms. The van der Waals surface area contributed by atoms with Crippen LogP contribution in [-0.4, -0.2) is 82.0 Å². The van der Waals surface area contributed by atoms with E-state index in [0.29, 0.717) is 41.9 Å². The number of rotatable bonds is 8. The van der Waals surface area contributed by atoms with Crippen molar-refractivity contribution in [2.24, 2.45) is 7.05 Å². The van der Waals surface area contributed by atoms with Gasteiger partial charge in [0.2, 0.25) is 0 Å². The summed E-state index contributed by atoms with van der Waals surface area (Å²) in [7, 11) is 5.05. The molecule has 0 N–H and O–H groups in total. The molecule has 0 bridgehead atoms. The predicted octanol–water partition coefficient (Wildman–Crippen LogP) is 2.88. The number of hydrogen-bond donors (Lipinski definition) is 0. The van der Waals surface area contributed by atoms with Crippen LogP contribution in [0.5, 0.6) is 11.5 Å². The van der Waals surface area contributed by atoms with E-state index in [1.54, 1.807) is 25.9 Å². The fraction of sp³-hybridized carbons (Fsp3) is 0.480. The molecule has 4 rings (SSSR count). The standard InChI is InChI=1S/C25H34N6O3/c1-18(2)24-26-8-9-30(24)13-10-29-11-14-31(15-12-29)25(32)22-17-21(27-28(22)3)20-16-19(33-4)6-7-23(20)34-5/h6-9,16-18H,10-15H2,1-5H3. The van der Waals surface area contributed by atoms with Gasteiger partial charge < -0.3 is 18.9 Å². The number of carbonyl (C=O) groups is 1. The predicted molar refractivity (Wildman–Crippen MR) is 130 cm³/mol. The Hall–Kier alpha value is -3.33. The lowest BCUT2D eigenvalue weighted by molar-refractivity contribution is 0.0622. The van der Waals surface area contributed by atoms with E-state index in [-0.39, 0.29) is 5.91 Å². The van der Waals surface area contributed by atoms with Gasteiger partial charge in [-0.25, -0.2) is 4.98 Å². The van der Waals surface area contributed by atoms with Crippen molar-refractivity contribution in [2.75, 3.05) is 46.9 Å². The van der Waals surface area contributed by atoms with Crippen molar-refractivity contribution in [3.05, 3.63) is 48.2 Å². The lowest BCUT2D eigenvalue weighted by Gasteiger charge is -2.34. The first-order valence-electron chi connectivity index (χ1n) is 11.7. The van der Waals surface area contributed by atoms with Crippen LogP contribution in [-0.2, 0) is 13.6 Å². The summed E-state index contributed by atoms with van der Waals surface area (Å²) < 4.78 is 14.7. The van der Waals surface area contributed by atoms with Crippen molar-refractivity contribution >= 4 is 5.91 Å². The van der Waals surface area contributed by atoms with Crippen molar-refractivity contribution < 1.29 is 14.3 Å². The number of piperazine rings is 1. The number of aromatic nitrogens is 4. The van der Waals surface area contributed by atoms with Gasteiger partial charge in [-0.3, -0.25) is 14.4 Å². The molecule has 1 aliphatic heterocycles. The summed E-state index contributed by atoms with van der Waals surface area (Å²) in [6.45, 7) is 9.29. The first kappa shape index (κ1) is 23.8. The highest BCUT2D eigenvalue weighted by Gasteiger charge is 2.25. The molecule has 0 spiro atoms. The fourth-order valence-corrected chi connectivity index (χ4v) is 4.41. The fourth-order valence-electron chi connectivity index (χ4n) is 4.41. The summed E-state index contributed by atoms with van der Waals surface area (Å²) >= 11 is 0. The molecule has 2 aromatic heterocycles. The van der Waals surface area contributed by atoms with E-state index in [4.69, 9.17) is 9.47 Å². The molecule has 0 aliphatic carbocycles. The van der Waals surface area contributed by atoms with Gasteiger partial charge in [0.1, 0.15) is 23.0 Å². The third-order valence-electron chi connectivity index (χ3n) is 6.36. The van der Waals surface area contributed by atoms with Crippen LogP contribution in [0, 0.1) is 0 Å². The Bertz CT molecular complexity index is 1130. The summed E-state index contributed by atoms with van der Waals surface area (Å²) in [5, 5.41) is 4.59. The van der Waals surface area contributed by atoms with Gasteiger partial charge in [0.15, 0.2) is 0 Å². The maximum absolute atomic E-state index is 13.3. The molecule has 0 unspecified atom stereocenters. The van der Waals surface area contributed by atoms with E-state index in [1.165, 1.54) is 0 Å². The zero-order valence-electron chi connectivity index (χ0n) is 20.7. The van der Waals surface area contributed by atoms with E-state index in [9.17, 15) is 4.79 Å². The van der Waals surface area contributed by atoms with Crippen LogP contribution < -0.4 is 9.47 Å². The van der Waals surface area contributed by atoms with Crippen LogP contribution >= 0.6 is 0 Å². The number of ether oxygens (including phenoxy) is 2. The van der Waals surface area contributed by atoms with Crippen molar-refractivity contribution in [2.45, 2.75) is 26.3 Å². The Balaban J connectivity index is 1.39. The number of methoxy groups -OCH3 is 2. The lowest BCUT2D eigenvalue weighted by atomic mass is 10.1. The number of imidazole rings is 1. The second-order valence-corrected chi connectivity index (χ2v) is 8.87. The Labute approximate surface area is 200 Å². The molecule has 0 saturated carbocycles. The highest BCUT2D eigenvalue weighted by molar-refractivity contribution is 5.94. The highest BCUT2D eigenvalue weighted by atomic mass is 16.5. The summed E-state index contributed by atoms with van der Waals surface area (Å²) in [5.74, 6) is 2.92. The van der Waals surface area contributed by atoms with Crippen molar-refractivity contribution in [1.82, 2.24) is 29.1 Å². The molecule has 3 heterocycles. The van der Waals surface area contributed by atoms with Crippen LogP contribution in [0.1, 0.15) is 36.1 Å². The molecule has 3 aromatic rings. The van der Waals surface area contributed by atoms with Gasteiger partial charge in [0.25, 0.3) is 5.91 Å². The minimum Gasteiger partial charge on any atom is -0.497 e. The molecule has 1 aliphatic rings. The molecule has 9 nitrogen and oxygen atoms in total. The van der Waals surface area contributed by atoms with Crippen LogP contribution in [0.2, 0.25) is 0 Å². The highest BCUT2D eigenvalue weighted by Crippen LogP contribution is 2.33. The zero-order valence-corrected chi connectivity index (χ0v) is 20.7. The molecule has 1 amide bonds. The number of hydrogen-bond acceptors (Lipinski definition) is 6. The second kappa shape index (κ2) is 10.3. The maximum atomic E-state index is 13.3. The minimum absolute atomic E-state index is 0.000494. The third kappa shape index (κ3) is 4.94. The van der Waals surface area contributed by atoms with Crippen LogP contribution in [0.15, 0.2) is 36.7 Å². The molecule has 182 valence electrons. The van der Waals surface area contributed by atoms with E-state index in [0.717, 1.165) is 37.6 Å². The van der Waals surface area contributed by atoms with Gasteiger partial charge in [0, 0.05) is 70.2 Å². The largest absolute Gasteiger partial charge is 0.497 e. The van der Waals surface area contributed by atoms with Gasteiger partial charge >= 0.3 is 0 Å². The second-order valence-electron chi connectivity index (χ2n) is 8.87. The molecule has 1 fully saturated rings. The molecule has 9 heteroatoms. The Morgan fingerprint density at radius 1 is 1.06 bits per heavy atom. The van der Waals surface area contributed by atoms with Crippen LogP contribution in [0.3, 0.4) is 0 Å². The number of aryl methyl sites for hydroxylation is 1. The number of carbonyl (C=O) groups excluding carboxylic acids is 1. The molecule has 1 saturated heterocycles. The first-order valence-corrected chi connectivity index (χ1v) is 11.7. The number of benzene rings is 1. The van der Waals surface area contributed by atoms with Gasteiger partial charge in [-0.05, 0) is 24.3 Å². The van der Waals surface area contributed by atoms with Gasteiger partial charge in [-0.2, -0.15) is 5.10 Å². The summed E-state index contributed by atoms with van der Waals surface area (Å²) in [6, 6.07) is 7.39. The van der Waals surface area contributed by atoms with Gasteiger partial charge in [-0.1, -0.05) is 13.8 Å². The van der Waals surface area contributed by atoms with E-state index in [2.05, 4.69) is 33.4 Å². The maximum Gasteiger partial charge on any atom is 0.272 e.